The summed E-state index contributed by atoms with van der Waals surface area (Å²) in [6.07, 6.45) is 3.42. The molecule has 0 unspecified atom stereocenters. The Morgan fingerprint density at radius 2 is 1.97 bits per heavy atom. The van der Waals surface area contributed by atoms with Gasteiger partial charge in [0.1, 0.15) is 5.75 Å². The van der Waals surface area contributed by atoms with Gasteiger partial charge in [0.2, 0.25) is 0 Å². The van der Waals surface area contributed by atoms with Crippen LogP contribution in [0, 0.1) is 6.92 Å². The lowest BCUT2D eigenvalue weighted by Crippen LogP contribution is -2.08. The number of hydrogen-bond acceptors (Lipinski definition) is 3. The van der Waals surface area contributed by atoms with Gasteiger partial charge in [-0.3, -0.25) is 9.78 Å². The molecule has 152 valence electrons. The lowest BCUT2D eigenvalue weighted by atomic mass is 10.0. The van der Waals surface area contributed by atoms with Gasteiger partial charge in [-0.25, -0.2) is 0 Å². The second kappa shape index (κ2) is 8.90. The van der Waals surface area contributed by atoms with E-state index in [0.29, 0.717) is 22.2 Å². The Balaban J connectivity index is 1.52. The van der Waals surface area contributed by atoms with Crippen LogP contribution >= 0.6 is 23.2 Å². The SMILES string of the molecule is Cc1ccc2[nH]c(-c3ccccn3)c(CCCC(=O)Oc3ccc(Cl)cc3Cl)c2c1. The highest BCUT2D eigenvalue weighted by molar-refractivity contribution is 6.35. The molecule has 6 heteroatoms. The van der Waals surface area contributed by atoms with Crippen LogP contribution in [0.5, 0.6) is 5.75 Å². The Bertz CT molecular complexity index is 1200. The molecule has 0 bridgehead atoms. The number of pyridine rings is 1. The Labute approximate surface area is 184 Å². The first-order chi connectivity index (χ1) is 14.5. The van der Waals surface area contributed by atoms with Gasteiger partial charge in [0.05, 0.1) is 16.4 Å². The molecule has 0 atom stereocenters. The molecule has 0 spiro atoms. The van der Waals surface area contributed by atoms with Gasteiger partial charge in [-0.2, -0.15) is 0 Å². The predicted octanol–water partition coefficient (Wildman–Crippen LogP) is 6.77. The topological polar surface area (TPSA) is 55.0 Å². The van der Waals surface area contributed by atoms with E-state index in [-0.39, 0.29) is 12.4 Å². The second-order valence-electron chi connectivity index (χ2n) is 7.14. The van der Waals surface area contributed by atoms with Gasteiger partial charge in [-0.1, -0.05) is 40.9 Å². The molecule has 0 aliphatic heterocycles. The molecule has 0 aliphatic rings. The van der Waals surface area contributed by atoms with E-state index in [9.17, 15) is 4.79 Å². The third kappa shape index (κ3) is 4.50. The summed E-state index contributed by atoms with van der Waals surface area (Å²) in [5.41, 5.74) is 5.28. The van der Waals surface area contributed by atoms with E-state index in [1.807, 2.05) is 18.2 Å². The van der Waals surface area contributed by atoms with Crippen molar-refractivity contribution in [3.63, 3.8) is 0 Å². The summed E-state index contributed by atoms with van der Waals surface area (Å²) < 4.78 is 5.39. The van der Waals surface area contributed by atoms with Crippen LogP contribution in [-0.4, -0.2) is 15.9 Å². The van der Waals surface area contributed by atoms with E-state index in [1.54, 1.807) is 24.4 Å². The molecule has 4 nitrogen and oxygen atoms in total. The number of aromatic amines is 1. The van der Waals surface area contributed by atoms with E-state index >= 15 is 0 Å². The molecular formula is C24H20Cl2N2O2. The molecule has 0 fully saturated rings. The van der Waals surface area contributed by atoms with Crippen molar-refractivity contribution in [1.82, 2.24) is 9.97 Å². The zero-order valence-corrected chi connectivity index (χ0v) is 17.9. The van der Waals surface area contributed by atoms with Crippen LogP contribution in [0.2, 0.25) is 10.0 Å². The summed E-state index contributed by atoms with van der Waals surface area (Å²) in [5.74, 6) is -0.00223. The van der Waals surface area contributed by atoms with E-state index in [2.05, 4.69) is 35.1 Å². The molecule has 2 aromatic carbocycles. The first-order valence-electron chi connectivity index (χ1n) is 9.69. The maximum Gasteiger partial charge on any atom is 0.311 e. The van der Waals surface area contributed by atoms with Crippen molar-refractivity contribution >= 4 is 40.1 Å². The molecule has 4 aromatic rings. The lowest BCUT2D eigenvalue weighted by Gasteiger charge is -2.07. The Morgan fingerprint density at radius 3 is 2.73 bits per heavy atom. The highest BCUT2D eigenvalue weighted by Gasteiger charge is 2.15. The Kier molecular flexibility index (Phi) is 6.07. The number of H-pyrrole nitrogens is 1. The second-order valence-corrected chi connectivity index (χ2v) is 7.99. The van der Waals surface area contributed by atoms with E-state index < -0.39 is 0 Å². The number of aromatic nitrogens is 2. The summed E-state index contributed by atoms with van der Waals surface area (Å²) in [7, 11) is 0. The van der Waals surface area contributed by atoms with Gasteiger partial charge in [-0.15, -0.1) is 0 Å². The first-order valence-corrected chi connectivity index (χ1v) is 10.4. The number of halogens is 2. The van der Waals surface area contributed by atoms with Gasteiger partial charge in [0.25, 0.3) is 0 Å². The minimum absolute atomic E-state index is 0.277. The standard InChI is InChI=1S/C24H20Cl2N2O2/c1-15-8-10-20-18(13-15)17(24(28-20)21-6-2-3-12-27-21)5-4-7-23(29)30-22-11-9-16(25)14-19(22)26/h2-3,6,8-14,28H,4-5,7H2,1H3. The number of esters is 1. The van der Waals surface area contributed by atoms with Crippen LogP contribution in [-0.2, 0) is 11.2 Å². The van der Waals surface area contributed by atoms with Crippen molar-refractivity contribution in [3.05, 3.63) is 82.0 Å². The molecule has 0 aliphatic carbocycles. The summed E-state index contributed by atoms with van der Waals surface area (Å²) in [5, 5.41) is 1.97. The average Bonchev–Trinajstić information content (AvgIpc) is 3.08. The van der Waals surface area contributed by atoms with Crippen LogP contribution in [0.15, 0.2) is 60.8 Å². The number of ether oxygens (including phenoxy) is 1. The van der Waals surface area contributed by atoms with Crippen molar-refractivity contribution in [2.75, 3.05) is 0 Å². The van der Waals surface area contributed by atoms with Crippen LogP contribution in [0.25, 0.3) is 22.3 Å². The number of aryl methyl sites for hydroxylation is 2. The van der Waals surface area contributed by atoms with Crippen molar-refractivity contribution in [1.29, 1.82) is 0 Å². The molecule has 2 aromatic heterocycles. The van der Waals surface area contributed by atoms with Crippen molar-refractivity contribution in [2.45, 2.75) is 26.2 Å². The van der Waals surface area contributed by atoms with Gasteiger partial charge in [0, 0.05) is 28.5 Å². The highest BCUT2D eigenvalue weighted by atomic mass is 35.5. The number of nitrogens with zero attached hydrogens (tertiary/aromatic N) is 1. The van der Waals surface area contributed by atoms with Crippen molar-refractivity contribution in [2.24, 2.45) is 0 Å². The number of hydrogen-bond donors (Lipinski definition) is 1. The van der Waals surface area contributed by atoms with Crippen molar-refractivity contribution in [3.8, 4) is 17.1 Å². The number of fused-ring (bicyclic) bond motifs is 1. The largest absolute Gasteiger partial charge is 0.425 e. The average molecular weight is 439 g/mol. The van der Waals surface area contributed by atoms with Crippen LogP contribution in [0.1, 0.15) is 24.0 Å². The number of carbonyl (C=O) groups is 1. The van der Waals surface area contributed by atoms with Gasteiger partial charge in [-0.05, 0) is 67.8 Å². The minimum atomic E-state index is -0.324. The third-order valence-corrected chi connectivity index (χ3v) is 5.44. The number of nitrogens with one attached hydrogen (secondary N) is 1. The van der Waals surface area contributed by atoms with Crippen LogP contribution < -0.4 is 4.74 Å². The fraction of sp³-hybridized carbons (Fsp3) is 0.167. The maximum atomic E-state index is 12.3. The molecule has 4 rings (SSSR count). The van der Waals surface area contributed by atoms with Gasteiger partial charge in [0.15, 0.2) is 0 Å². The third-order valence-electron chi connectivity index (χ3n) is 4.91. The minimum Gasteiger partial charge on any atom is -0.425 e. The predicted molar refractivity (Wildman–Crippen MR) is 121 cm³/mol. The van der Waals surface area contributed by atoms with Crippen LogP contribution in [0.4, 0.5) is 0 Å². The molecule has 1 N–H and O–H groups in total. The molecule has 0 saturated heterocycles. The zero-order valence-electron chi connectivity index (χ0n) is 16.4. The quantitative estimate of drug-likeness (QED) is 0.266. The summed E-state index contributed by atoms with van der Waals surface area (Å²) in [6, 6.07) is 17.0. The molecule has 30 heavy (non-hydrogen) atoms. The Morgan fingerprint density at radius 1 is 1.10 bits per heavy atom. The van der Waals surface area contributed by atoms with E-state index in [0.717, 1.165) is 34.3 Å². The van der Waals surface area contributed by atoms with Crippen LogP contribution in [0.3, 0.4) is 0 Å². The summed E-state index contributed by atoms with van der Waals surface area (Å²) in [4.78, 5) is 20.3. The van der Waals surface area contributed by atoms with E-state index in [4.69, 9.17) is 27.9 Å². The summed E-state index contributed by atoms with van der Waals surface area (Å²) in [6.45, 7) is 2.07. The monoisotopic (exact) mass is 438 g/mol. The fourth-order valence-electron chi connectivity index (χ4n) is 3.49. The molecular weight excluding hydrogens is 419 g/mol. The maximum absolute atomic E-state index is 12.3. The molecule has 0 amide bonds. The number of benzene rings is 2. The van der Waals surface area contributed by atoms with Gasteiger partial charge < -0.3 is 9.72 Å². The molecule has 0 radical (unpaired) electrons. The first kappa shape index (κ1) is 20.5. The zero-order chi connectivity index (χ0) is 21.1. The molecule has 2 heterocycles. The Hall–Kier alpha value is -2.82. The number of rotatable bonds is 6. The molecule has 0 saturated carbocycles. The van der Waals surface area contributed by atoms with Gasteiger partial charge >= 0.3 is 5.97 Å². The normalized spacial score (nSPS) is 11.0. The van der Waals surface area contributed by atoms with E-state index in [1.165, 1.54) is 5.56 Å². The summed E-state index contributed by atoms with van der Waals surface area (Å²) >= 11 is 12.0. The smallest absolute Gasteiger partial charge is 0.311 e. The van der Waals surface area contributed by atoms with Crippen molar-refractivity contribution < 1.29 is 9.53 Å². The highest BCUT2D eigenvalue weighted by Crippen LogP contribution is 2.32. The lowest BCUT2D eigenvalue weighted by molar-refractivity contribution is -0.134. The number of carbonyl (C=O) groups excluding carboxylic acids is 1. The fourth-order valence-corrected chi connectivity index (χ4v) is 3.94.